The normalized spacial score (nSPS) is 15.7. The molecule has 1 atom stereocenters. The molecule has 1 unspecified atom stereocenters. The molecule has 1 aromatic heterocycles. The molecule has 0 saturated heterocycles. The van der Waals surface area contributed by atoms with Gasteiger partial charge in [-0.25, -0.2) is 14.7 Å². The van der Waals surface area contributed by atoms with Crippen molar-refractivity contribution in [3.05, 3.63) is 71.3 Å². The third kappa shape index (κ3) is 5.90. The van der Waals surface area contributed by atoms with Crippen LogP contribution >= 0.6 is 0 Å². The van der Waals surface area contributed by atoms with Crippen LogP contribution < -0.4 is 15.4 Å². The number of rotatable bonds is 8. The van der Waals surface area contributed by atoms with Crippen molar-refractivity contribution in [2.45, 2.75) is 52.4 Å². The standard InChI is InChI=1S/C25H32N6O2/c1-4-26-25(28-20-13-14-24-29-23(17-32-3)30-31(24)16-20)27-15-19-10-6-8-12-22(19)33-21-11-7-5-9-18(21)2/h5-12,20H,4,13-17H2,1-3H3,(H2,26,27,28). The minimum Gasteiger partial charge on any atom is -0.457 e. The molecular weight excluding hydrogens is 416 g/mol. The van der Waals surface area contributed by atoms with Gasteiger partial charge in [-0.05, 0) is 38.0 Å². The Kier molecular flexibility index (Phi) is 7.57. The number of ether oxygens (including phenoxy) is 2. The summed E-state index contributed by atoms with van der Waals surface area (Å²) >= 11 is 0. The molecule has 0 fully saturated rings. The largest absolute Gasteiger partial charge is 0.457 e. The lowest BCUT2D eigenvalue weighted by atomic mass is 10.1. The maximum Gasteiger partial charge on any atom is 0.191 e. The quantitative estimate of drug-likeness (QED) is 0.405. The Morgan fingerprint density at radius 3 is 2.73 bits per heavy atom. The van der Waals surface area contributed by atoms with E-state index in [0.717, 1.165) is 66.2 Å². The second kappa shape index (κ2) is 11.0. The first-order valence-corrected chi connectivity index (χ1v) is 11.4. The van der Waals surface area contributed by atoms with Crippen molar-refractivity contribution >= 4 is 5.96 Å². The van der Waals surface area contributed by atoms with Crippen molar-refractivity contribution in [1.82, 2.24) is 25.4 Å². The topological polar surface area (TPSA) is 85.6 Å². The first-order valence-electron chi connectivity index (χ1n) is 11.4. The van der Waals surface area contributed by atoms with Gasteiger partial charge in [0.05, 0.1) is 13.1 Å². The summed E-state index contributed by atoms with van der Waals surface area (Å²) in [5.74, 6) is 4.22. The van der Waals surface area contributed by atoms with Gasteiger partial charge in [0, 0.05) is 31.7 Å². The Labute approximate surface area is 195 Å². The number of aliphatic imine (C=N–C) groups is 1. The summed E-state index contributed by atoms with van der Waals surface area (Å²) in [6, 6.07) is 16.3. The molecule has 2 aromatic carbocycles. The van der Waals surface area contributed by atoms with E-state index in [1.807, 2.05) is 54.1 Å². The maximum atomic E-state index is 6.20. The number of hydrogen-bond donors (Lipinski definition) is 2. The lowest BCUT2D eigenvalue weighted by molar-refractivity contribution is 0.177. The molecule has 1 aliphatic rings. The Morgan fingerprint density at radius 2 is 1.94 bits per heavy atom. The van der Waals surface area contributed by atoms with Gasteiger partial charge in [-0.15, -0.1) is 0 Å². The van der Waals surface area contributed by atoms with Crippen LogP contribution in [0.4, 0.5) is 0 Å². The Morgan fingerprint density at radius 1 is 1.15 bits per heavy atom. The van der Waals surface area contributed by atoms with E-state index in [9.17, 15) is 0 Å². The van der Waals surface area contributed by atoms with Crippen LogP contribution in [0.1, 0.15) is 36.1 Å². The van der Waals surface area contributed by atoms with E-state index in [1.165, 1.54) is 0 Å². The number of para-hydroxylation sites is 2. The van der Waals surface area contributed by atoms with Crippen LogP contribution in [0.5, 0.6) is 11.5 Å². The molecule has 1 aliphatic heterocycles. The summed E-state index contributed by atoms with van der Waals surface area (Å²) < 4.78 is 13.3. The number of nitrogens with zero attached hydrogens (tertiary/aromatic N) is 4. The molecule has 0 aliphatic carbocycles. The Bertz CT molecular complexity index is 1090. The fourth-order valence-corrected chi connectivity index (χ4v) is 3.87. The highest BCUT2D eigenvalue weighted by atomic mass is 16.5. The van der Waals surface area contributed by atoms with E-state index in [4.69, 9.17) is 14.5 Å². The van der Waals surface area contributed by atoms with Crippen molar-refractivity contribution in [3.63, 3.8) is 0 Å². The average molecular weight is 449 g/mol. The van der Waals surface area contributed by atoms with Crippen molar-refractivity contribution in [3.8, 4) is 11.5 Å². The monoisotopic (exact) mass is 448 g/mol. The lowest BCUT2D eigenvalue weighted by Crippen LogP contribution is -2.47. The van der Waals surface area contributed by atoms with Crippen LogP contribution in [-0.2, 0) is 30.9 Å². The van der Waals surface area contributed by atoms with E-state index in [1.54, 1.807) is 7.11 Å². The van der Waals surface area contributed by atoms with Crippen molar-refractivity contribution < 1.29 is 9.47 Å². The molecule has 0 amide bonds. The van der Waals surface area contributed by atoms with Gasteiger partial charge in [-0.2, -0.15) is 5.10 Å². The molecule has 8 heteroatoms. The van der Waals surface area contributed by atoms with E-state index >= 15 is 0 Å². The average Bonchev–Trinajstić information content (AvgIpc) is 3.22. The lowest BCUT2D eigenvalue weighted by Gasteiger charge is -2.25. The van der Waals surface area contributed by atoms with Gasteiger partial charge in [0.15, 0.2) is 11.8 Å². The Hall–Kier alpha value is -3.39. The molecule has 0 radical (unpaired) electrons. The molecule has 174 valence electrons. The molecule has 0 bridgehead atoms. The van der Waals surface area contributed by atoms with Gasteiger partial charge in [0.2, 0.25) is 0 Å². The molecule has 4 rings (SSSR count). The number of benzene rings is 2. The number of guanidine groups is 1. The molecular formula is C25H32N6O2. The molecule has 2 N–H and O–H groups in total. The van der Waals surface area contributed by atoms with Gasteiger partial charge in [-0.1, -0.05) is 36.4 Å². The van der Waals surface area contributed by atoms with Crippen molar-refractivity contribution in [2.24, 2.45) is 4.99 Å². The predicted octanol–water partition coefficient (Wildman–Crippen LogP) is 3.60. The Balaban J connectivity index is 1.44. The molecule has 8 nitrogen and oxygen atoms in total. The van der Waals surface area contributed by atoms with Crippen LogP contribution in [0, 0.1) is 6.92 Å². The number of hydrogen-bond acceptors (Lipinski definition) is 5. The number of aryl methyl sites for hydroxylation is 2. The second-order valence-corrected chi connectivity index (χ2v) is 8.11. The molecule has 33 heavy (non-hydrogen) atoms. The van der Waals surface area contributed by atoms with Crippen LogP contribution in [-0.4, -0.2) is 40.4 Å². The van der Waals surface area contributed by atoms with Gasteiger partial charge in [0.25, 0.3) is 0 Å². The first-order chi connectivity index (χ1) is 16.2. The smallest absolute Gasteiger partial charge is 0.191 e. The summed E-state index contributed by atoms with van der Waals surface area (Å²) in [6.07, 6.45) is 1.85. The van der Waals surface area contributed by atoms with E-state index < -0.39 is 0 Å². The van der Waals surface area contributed by atoms with E-state index in [0.29, 0.717) is 13.2 Å². The molecule has 0 saturated carbocycles. The predicted molar refractivity (Wildman–Crippen MR) is 128 cm³/mol. The third-order valence-electron chi connectivity index (χ3n) is 5.55. The minimum absolute atomic E-state index is 0.228. The SMILES string of the molecule is CCNC(=NCc1ccccc1Oc1ccccc1C)NC1CCc2nc(COC)nn2C1. The zero-order chi connectivity index (χ0) is 23.0. The number of methoxy groups -OCH3 is 1. The highest BCUT2D eigenvalue weighted by molar-refractivity contribution is 5.80. The first kappa shape index (κ1) is 22.8. The van der Waals surface area contributed by atoms with Crippen LogP contribution in [0.3, 0.4) is 0 Å². The summed E-state index contributed by atoms with van der Waals surface area (Å²) in [4.78, 5) is 9.40. The highest BCUT2D eigenvalue weighted by Crippen LogP contribution is 2.28. The fourth-order valence-electron chi connectivity index (χ4n) is 3.87. The number of fused-ring (bicyclic) bond motifs is 1. The molecule has 0 spiro atoms. The van der Waals surface area contributed by atoms with Gasteiger partial charge < -0.3 is 20.1 Å². The van der Waals surface area contributed by atoms with Crippen molar-refractivity contribution in [1.29, 1.82) is 0 Å². The second-order valence-electron chi connectivity index (χ2n) is 8.11. The third-order valence-corrected chi connectivity index (χ3v) is 5.55. The van der Waals surface area contributed by atoms with Gasteiger partial charge in [0.1, 0.15) is 23.9 Å². The summed E-state index contributed by atoms with van der Waals surface area (Å²) in [6.45, 7) is 6.60. The summed E-state index contributed by atoms with van der Waals surface area (Å²) in [5, 5.41) is 11.5. The van der Waals surface area contributed by atoms with E-state index in [-0.39, 0.29) is 6.04 Å². The number of nitrogens with one attached hydrogen (secondary N) is 2. The highest BCUT2D eigenvalue weighted by Gasteiger charge is 2.22. The van der Waals surface area contributed by atoms with Crippen LogP contribution in [0.2, 0.25) is 0 Å². The fraction of sp³-hybridized carbons (Fsp3) is 0.400. The minimum atomic E-state index is 0.228. The van der Waals surface area contributed by atoms with E-state index in [2.05, 4.69) is 33.7 Å². The van der Waals surface area contributed by atoms with Crippen LogP contribution in [0.15, 0.2) is 53.5 Å². The van der Waals surface area contributed by atoms with Crippen molar-refractivity contribution in [2.75, 3.05) is 13.7 Å². The summed E-state index contributed by atoms with van der Waals surface area (Å²) in [5.41, 5.74) is 2.13. The molecule has 3 aromatic rings. The zero-order valence-electron chi connectivity index (χ0n) is 19.5. The molecule has 2 heterocycles. The maximum absolute atomic E-state index is 6.20. The number of aromatic nitrogens is 3. The van der Waals surface area contributed by atoms with Gasteiger partial charge >= 0.3 is 0 Å². The zero-order valence-corrected chi connectivity index (χ0v) is 19.5. The summed E-state index contributed by atoms with van der Waals surface area (Å²) in [7, 11) is 1.66. The van der Waals surface area contributed by atoms with Crippen LogP contribution in [0.25, 0.3) is 0 Å². The van der Waals surface area contributed by atoms with Gasteiger partial charge in [-0.3, -0.25) is 0 Å².